The van der Waals surface area contributed by atoms with Crippen molar-refractivity contribution < 1.29 is 0 Å². The molecular formula is C14H24N2S. The van der Waals surface area contributed by atoms with Gasteiger partial charge in [-0.1, -0.05) is 13.3 Å². The molecule has 1 aromatic heterocycles. The molecule has 0 aromatic carbocycles. The highest BCUT2D eigenvalue weighted by molar-refractivity contribution is 7.11. The molecule has 0 spiro atoms. The number of hydrogen-bond acceptors (Lipinski definition) is 3. The average molecular weight is 252 g/mol. The number of rotatable bonds is 3. The monoisotopic (exact) mass is 252 g/mol. The average Bonchev–Trinajstić information content (AvgIpc) is 2.81. The van der Waals surface area contributed by atoms with Crippen LogP contribution >= 0.6 is 11.3 Å². The molecule has 1 heterocycles. The number of hydrogen-bond donors (Lipinski definition) is 1. The minimum absolute atomic E-state index is 0.187. The maximum absolute atomic E-state index is 4.61. The Labute approximate surface area is 109 Å². The van der Waals surface area contributed by atoms with Gasteiger partial charge >= 0.3 is 0 Å². The van der Waals surface area contributed by atoms with E-state index < -0.39 is 0 Å². The Morgan fingerprint density at radius 3 is 2.76 bits per heavy atom. The lowest BCUT2D eigenvalue weighted by molar-refractivity contribution is 0.426. The Morgan fingerprint density at radius 2 is 2.18 bits per heavy atom. The van der Waals surface area contributed by atoms with Crippen molar-refractivity contribution >= 4 is 11.3 Å². The standard InChI is InChI=1S/C14H24N2S/c1-10-5-6-11(7-10)13-15-8-12(17-13)9-16-14(2,3)4/h8,10-11,16H,5-7,9H2,1-4H3. The van der Waals surface area contributed by atoms with Crippen LogP contribution in [0, 0.1) is 5.92 Å². The summed E-state index contributed by atoms with van der Waals surface area (Å²) < 4.78 is 0. The normalized spacial score (nSPS) is 25.4. The van der Waals surface area contributed by atoms with E-state index in [4.69, 9.17) is 0 Å². The molecule has 17 heavy (non-hydrogen) atoms. The molecular weight excluding hydrogens is 228 g/mol. The molecule has 2 rings (SSSR count). The summed E-state index contributed by atoms with van der Waals surface area (Å²) in [6.07, 6.45) is 6.10. The molecule has 1 fully saturated rings. The third-order valence-corrected chi connectivity index (χ3v) is 4.57. The lowest BCUT2D eigenvalue weighted by Gasteiger charge is -2.19. The smallest absolute Gasteiger partial charge is 0.0959 e. The zero-order chi connectivity index (χ0) is 12.5. The van der Waals surface area contributed by atoms with Crippen molar-refractivity contribution in [3.63, 3.8) is 0 Å². The first-order chi connectivity index (χ1) is 7.94. The quantitative estimate of drug-likeness (QED) is 0.881. The highest BCUT2D eigenvalue weighted by atomic mass is 32.1. The molecule has 1 saturated carbocycles. The highest BCUT2D eigenvalue weighted by Crippen LogP contribution is 2.39. The summed E-state index contributed by atoms with van der Waals surface area (Å²) in [4.78, 5) is 5.98. The van der Waals surface area contributed by atoms with Gasteiger partial charge in [-0.05, 0) is 39.5 Å². The van der Waals surface area contributed by atoms with Crippen molar-refractivity contribution in [2.45, 2.75) is 65.0 Å². The van der Waals surface area contributed by atoms with Crippen LogP contribution in [-0.2, 0) is 6.54 Å². The first kappa shape index (κ1) is 13.0. The molecule has 1 aliphatic rings. The van der Waals surface area contributed by atoms with Crippen molar-refractivity contribution in [1.29, 1.82) is 0 Å². The van der Waals surface area contributed by atoms with E-state index in [1.165, 1.54) is 29.1 Å². The minimum Gasteiger partial charge on any atom is -0.307 e. The molecule has 2 atom stereocenters. The SMILES string of the molecule is CC1CCC(c2ncc(CNC(C)(C)C)s2)C1. The van der Waals surface area contributed by atoms with Crippen LogP contribution in [0.3, 0.4) is 0 Å². The fraction of sp³-hybridized carbons (Fsp3) is 0.786. The van der Waals surface area contributed by atoms with Crippen LogP contribution in [-0.4, -0.2) is 10.5 Å². The van der Waals surface area contributed by atoms with E-state index >= 15 is 0 Å². The first-order valence-electron chi connectivity index (χ1n) is 6.63. The minimum atomic E-state index is 0.187. The summed E-state index contributed by atoms with van der Waals surface area (Å²) in [6.45, 7) is 9.91. The fourth-order valence-corrected chi connectivity index (χ4v) is 3.38. The Kier molecular flexibility index (Phi) is 3.88. The van der Waals surface area contributed by atoms with E-state index in [1.807, 2.05) is 11.3 Å². The number of thiazole rings is 1. The third-order valence-electron chi connectivity index (χ3n) is 3.41. The van der Waals surface area contributed by atoms with Crippen molar-refractivity contribution in [1.82, 2.24) is 10.3 Å². The fourth-order valence-electron chi connectivity index (χ4n) is 2.38. The van der Waals surface area contributed by atoms with Crippen LogP contribution < -0.4 is 5.32 Å². The van der Waals surface area contributed by atoms with Crippen molar-refractivity contribution in [3.8, 4) is 0 Å². The van der Waals surface area contributed by atoms with Gasteiger partial charge in [-0.25, -0.2) is 4.98 Å². The summed E-state index contributed by atoms with van der Waals surface area (Å²) in [6, 6.07) is 0. The second kappa shape index (κ2) is 5.07. The van der Waals surface area contributed by atoms with E-state index in [2.05, 4.69) is 44.2 Å². The first-order valence-corrected chi connectivity index (χ1v) is 7.45. The molecule has 3 heteroatoms. The maximum atomic E-state index is 4.61. The Balaban J connectivity index is 1.92. The van der Waals surface area contributed by atoms with E-state index in [0.717, 1.165) is 18.4 Å². The Hall–Kier alpha value is -0.410. The lowest BCUT2D eigenvalue weighted by atomic mass is 10.1. The van der Waals surface area contributed by atoms with Gasteiger partial charge in [0, 0.05) is 29.1 Å². The van der Waals surface area contributed by atoms with E-state index in [-0.39, 0.29) is 5.54 Å². The second-order valence-corrected chi connectivity index (χ2v) is 7.53. The number of nitrogens with zero attached hydrogens (tertiary/aromatic N) is 1. The van der Waals surface area contributed by atoms with Crippen molar-refractivity contribution in [2.75, 3.05) is 0 Å². The molecule has 0 bridgehead atoms. The molecule has 1 aliphatic carbocycles. The molecule has 2 unspecified atom stereocenters. The zero-order valence-corrected chi connectivity index (χ0v) is 12.2. The topological polar surface area (TPSA) is 24.9 Å². The van der Waals surface area contributed by atoms with Crippen LogP contribution in [0.1, 0.15) is 62.8 Å². The third kappa shape index (κ3) is 3.78. The van der Waals surface area contributed by atoms with Crippen LogP contribution in [0.4, 0.5) is 0 Å². The van der Waals surface area contributed by atoms with Gasteiger partial charge in [0.1, 0.15) is 0 Å². The summed E-state index contributed by atoms with van der Waals surface area (Å²) in [7, 11) is 0. The van der Waals surface area contributed by atoms with Gasteiger partial charge < -0.3 is 5.32 Å². The molecule has 0 amide bonds. The van der Waals surface area contributed by atoms with Crippen LogP contribution in [0.2, 0.25) is 0 Å². The lowest BCUT2D eigenvalue weighted by Crippen LogP contribution is -2.34. The second-order valence-electron chi connectivity index (χ2n) is 6.38. The van der Waals surface area contributed by atoms with Crippen LogP contribution in [0.25, 0.3) is 0 Å². The predicted molar refractivity (Wildman–Crippen MR) is 74.5 cm³/mol. The number of nitrogens with one attached hydrogen (secondary N) is 1. The molecule has 1 N–H and O–H groups in total. The Morgan fingerprint density at radius 1 is 1.41 bits per heavy atom. The highest BCUT2D eigenvalue weighted by Gasteiger charge is 2.25. The molecule has 0 saturated heterocycles. The van der Waals surface area contributed by atoms with Gasteiger partial charge in [0.05, 0.1) is 5.01 Å². The predicted octanol–water partition coefficient (Wildman–Crippen LogP) is 3.93. The molecule has 96 valence electrons. The van der Waals surface area contributed by atoms with E-state index in [0.29, 0.717) is 0 Å². The molecule has 0 radical (unpaired) electrons. The van der Waals surface area contributed by atoms with Crippen molar-refractivity contribution in [3.05, 3.63) is 16.1 Å². The zero-order valence-electron chi connectivity index (χ0n) is 11.4. The van der Waals surface area contributed by atoms with E-state index in [9.17, 15) is 0 Å². The molecule has 0 aliphatic heterocycles. The summed E-state index contributed by atoms with van der Waals surface area (Å²) >= 11 is 1.90. The van der Waals surface area contributed by atoms with Gasteiger partial charge in [-0.15, -0.1) is 11.3 Å². The van der Waals surface area contributed by atoms with E-state index in [1.54, 1.807) is 0 Å². The summed E-state index contributed by atoms with van der Waals surface area (Å²) in [5.41, 5.74) is 0.187. The molecule has 1 aromatic rings. The summed E-state index contributed by atoms with van der Waals surface area (Å²) in [5, 5.41) is 4.88. The maximum Gasteiger partial charge on any atom is 0.0959 e. The van der Waals surface area contributed by atoms with Gasteiger partial charge in [0.15, 0.2) is 0 Å². The Bertz CT molecular complexity index is 365. The molecule has 2 nitrogen and oxygen atoms in total. The summed E-state index contributed by atoms with van der Waals surface area (Å²) in [5.74, 6) is 1.62. The number of aromatic nitrogens is 1. The van der Waals surface area contributed by atoms with Crippen molar-refractivity contribution in [2.24, 2.45) is 5.92 Å². The van der Waals surface area contributed by atoms with Crippen LogP contribution in [0.5, 0.6) is 0 Å². The van der Waals surface area contributed by atoms with Gasteiger partial charge in [0.25, 0.3) is 0 Å². The van der Waals surface area contributed by atoms with Gasteiger partial charge in [0.2, 0.25) is 0 Å². The van der Waals surface area contributed by atoms with Gasteiger partial charge in [-0.3, -0.25) is 0 Å². The largest absolute Gasteiger partial charge is 0.307 e. The van der Waals surface area contributed by atoms with Crippen LogP contribution in [0.15, 0.2) is 6.20 Å². The van der Waals surface area contributed by atoms with Gasteiger partial charge in [-0.2, -0.15) is 0 Å².